The Labute approximate surface area is 470 Å². The number of carbonyl (C=O) groups excluding carboxylic acids is 1. The summed E-state index contributed by atoms with van der Waals surface area (Å²) in [5.41, 5.74) is 0. The minimum atomic E-state index is -2.91. The van der Waals surface area contributed by atoms with E-state index in [1.165, 1.54) is 129 Å². The number of aliphatic carboxylic acids is 1. The molecule has 464 valence electrons. The maximum absolute atomic E-state index is 13.3. The van der Waals surface area contributed by atoms with Gasteiger partial charge < -0.3 is 95.0 Å². The molecular formula is C58H107NO20. The van der Waals surface area contributed by atoms with Crippen LogP contribution in [0, 0.1) is 5.92 Å². The summed E-state index contributed by atoms with van der Waals surface area (Å²) in [7, 11) is 0. The van der Waals surface area contributed by atoms with Crippen molar-refractivity contribution in [1.29, 1.82) is 0 Å². The molecule has 1 amide bonds. The number of unbranched alkanes of at least 4 members (excludes halogenated alkanes) is 25. The average Bonchev–Trinajstić information content (AvgIpc) is 3.51. The van der Waals surface area contributed by atoms with Gasteiger partial charge in [-0.05, 0) is 19.3 Å². The van der Waals surface area contributed by atoms with Gasteiger partial charge in [-0.25, -0.2) is 4.79 Å². The first-order chi connectivity index (χ1) is 38.0. The molecule has 13 N–H and O–H groups in total. The maximum atomic E-state index is 13.3. The van der Waals surface area contributed by atoms with Gasteiger partial charge in [-0.2, -0.15) is 0 Å². The topological polar surface area (TPSA) is 344 Å². The predicted octanol–water partition coefficient (Wildman–Crippen LogP) is 4.30. The Morgan fingerprint density at radius 1 is 0.633 bits per heavy atom. The molecule has 0 bridgehead atoms. The third kappa shape index (κ3) is 24.6. The van der Waals surface area contributed by atoms with Gasteiger partial charge in [0.1, 0.15) is 61.0 Å². The van der Waals surface area contributed by atoms with Gasteiger partial charge in [0.25, 0.3) is 5.79 Å². The monoisotopic (exact) mass is 1140 g/mol. The highest BCUT2D eigenvalue weighted by atomic mass is 16.8. The molecule has 0 aliphatic carbocycles. The third-order valence-corrected chi connectivity index (χ3v) is 15.9. The molecule has 79 heavy (non-hydrogen) atoms. The first kappa shape index (κ1) is 71.3. The number of aliphatic hydroxyl groups excluding tert-OH is 11. The first-order valence-corrected chi connectivity index (χ1v) is 30.4. The van der Waals surface area contributed by atoms with Gasteiger partial charge in [-0.1, -0.05) is 187 Å². The number of aliphatic hydroxyl groups is 11. The van der Waals surface area contributed by atoms with Crippen molar-refractivity contribution >= 4 is 11.9 Å². The van der Waals surface area contributed by atoms with Crippen molar-refractivity contribution in [3.05, 3.63) is 12.2 Å². The Balaban J connectivity index is 1.63. The number of allylic oxidation sites excluding steroid dienone is 1. The van der Waals surface area contributed by atoms with Gasteiger partial charge in [-0.15, -0.1) is 0 Å². The van der Waals surface area contributed by atoms with Gasteiger partial charge in [0.2, 0.25) is 5.91 Å². The number of ether oxygens (including phenoxy) is 6. The van der Waals surface area contributed by atoms with Crippen molar-refractivity contribution in [2.75, 3.05) is 26.4 Å². The minimum absolute atomic E-state index is 0.218. The zero-order chi connectivity index (χ0) is 58.2. The van der Waals surface area contributed by atoms with Crippen molar-refractivity contribution in [2.24, 2.45) is 5.92 Å². The van der Waals surface area contributed by atoms with Gasteiger partial charge in [0.05, 0.1) is 50.8 Å². The molecule has 3 fully saturated rings. The molecule has 21 nitrogen and oxygen atoms in total. The fraction of sp³-hybridized carbons (Fsp3) is 0.931. The van der Waals surface area contributed by atoms with Gasteiger partial charge in [0.15, 0.2) is 12.6 Å². The van der Waals surface area contributed by atoms with E-state index in [4.69, 9.17) is 28.4 Å². The standard InChI is InChI=1S/C58H107NO20/c1-4-6-8-10-12-14-16-18-19-21-23-25-27-29-31-33-46(66)59-40(41(63)32-30-28-26-24-22-20-17-15-13-11-9-7-5-2)38-74-55-50(70)49(69)53(45(37-62)76-55)77-56-51(71)54(48(68)44(36-61)75-56)79-58(57(72)73)34-42(64)39(3)52(78-58)47(67)43(65)35-60/h30,32,39-45,47-56,60-65,67-71H,4-29,31,33-38H2,1-3H3,(H,59,66)(H,72,73)/b32-30+/t39-,40+,41-,42?,43-,44?,45+,47-,48+,49?,50?,51?,52-,53-,54+,55-,56+,58+/m1/s1. The number of amides is 1. The average molecular weight is 1140 g/mol. The molecule has 3 aliphatic heterocycles. The van der Waals surface area contributed by atoms with E-state index in [9.17, 15) is 70.9 Å². The van der Waals surface area contributed by atoms with Crippen molar-refractivity contribution in [2.45, 2.75) is 311 Å². The van der Waals surface area contributed by atoms with Crippen LogP contribution < -0.4 is 5.32 Å². The predicted molar refractivity (Wildman–Crippen MR) is 293 cm³/mol. The number of hydrogen-bond acceptors (Lipinski definition) is 19. The number of hydrogen-bond donors (Lipinski definition) is 13. The third-order valence-electron chi connectivity index (χ3n) is 15.9. The number of carbonyl (C=O) groups is 2. The lowest BCUT2D eigenvalue weighted by molar-refractivity contribution is -0.388. The second-order valence-corrected chi connectivity index (χ2v) is 22.6. The van der Waals surface area contributed by atoms with E-state index in [0.29, 0.717) is 12.8 Å². The molecule has 3 heterocycles. The smallest absolute Gasteiger partial charge is 0.364 e. The summed E-state index contributed by atoms with van der Waals surface area (Å²) >= 11 is 0. The summed E-state index contributed by atoms with van der Waals surface area (Å²) < 4.78 is 34.7. The van der Waals surface area contributed by atoms with E-state index in [2.05, 4.69) is 19.2 Å². The van der Waals surface area contributed by atoms with Gasteiger partial charge in [0, 0.05) is 18.8 Å². The van der Waals surface area contributed by atoms with Crippen LogP contribution in [0.1, 0.15) is 207 Å². The molecule has 3 saturated heterocycles. The summed E-state index contributed by atoms with van der Waals surface area (Å²) in [6.45, 7) is 2.66. The van der Waals surface area contributed by atoms with Crippen molar-refractivity contribution < 1.29 is 99.3 Å². The maximum Gasteiger partial charge on any atom is 0.364 e. The summed E-state index contributed by atoms with van der Waals surface area (Å²) in [4.78, 5) is 26.2. The fourth-order valence-corrected chi connectivity index (χ4v) is 10.7. The zero-order valence-electron chi connectivity index (χ0n) is 47.9. The molecule has 18 atom stereocenters. The normalized spacial score (nSPS) is 31.0. The molecular weight excluding hydrogens is 1030 g/mol. The molecule has 0 aromatic rings. The summed E-state index contributed by atoms with van der Waals surface area (Å²) in [5, 5.41) is 132. The van der Waals surface area contributed by atoms with Crippen LogP contribution >= 0.6 is 0 Å². The largest absolute Gasteiger partial charge is 0.477 e. The number of carboxylic acids is 1. The SMILES string of the molecule is CCCCCCCCCCCCC/C=C/[C@@H](O)[C@H](CO[C@@H]1O[C@@H](CO)[C@@H](O[C@@H]2OC(CO)[C@H](O)[C@H](O[C@]3(C(=O)O)CC(O)[C@@H](C)[C@H]([C@H](O)[C@H](O)CO)O3)C2O)C(O)C1O)NC(=O)CCCCCCCCCCCCCCCCC. The summed E-state index contributed by atoms with van der Waals surface area (Å²) in [5.74, 6) is -6.12. The van der Waals surface area contributed by atoms with Gasteiger partial charge >= 0.3 is 5.97 Å². The van der Waals surface area contributed by atoms with E-state index in [1.54, 1.807) is 6.08 Å². The van der Waals surface area contributed by atoms with Crippen molar-refractivity contribution in [1.82, 2.24) is 5.32 Å². The lowest BCUT2D eigenvalue weighted by Gasteiger charge is -2.50. The highest BCUT2D eigenvalue weighted by Crippen LogP contribution is 2.40. The van der Waals surface area contributed by atoms with Gasteiger partial charge in [-0.3, -0.25) is 4.79 Å². The Bertz CT molecular complexity index is 1620. The van der Waals surface area contributed by atoms with E-state index < -0.39 is 148 Å². The lowest BCUT2D eigenvalue weighted by Crippen LogP contribution is -2.68. The van der Waals surface area contributed by atoms with E-state index in [0.717, 1.165) is 38.5 Å². The second-order valence-electron chi connectivity index (χ2n) is 22.6. The quantitative estimate of drug-likeness (QED) is 0.0299. The van der Waals surface area contributed by atoms with Crippen LogP contribution in [0.25, 0.3) is 0 Å². The zero-order valence-corrected chi connectivity index (χ0v) is 47.9. The van der Waals surface area contributed by atoms with Crippen LogP contribution in [0.15, 0.2) is 12.2 Å². The van der Waals surface area contributed by atoms with Crippen LogP contribution in [0.3, 0.4) is 0 Å². The van der Waals surface area contributed by atoms with E-state index in [-0.39, 0.29) is 12.3 Å². The van der Waals surface area contributed by atoms with E-state index in [1.807, 2.05) is 6.08 Å². The van der Waals surface area contributed by atoms with Crippen LogP contribution in [0.2, 0.25) is 0 Å². The Hall–Kier alpha value is -2.00. The van der Waals surface area contributed by atoms with Crippen LogP contribution in [-0.2, 0) is 38.0 Å². The molecule has 3 rings (SSSR count). The Morgan fingerprint density at radius 2 is 1.13 bits per heavy atom. The highest BCUT2D eigenvalue weighted by molar-refractivity contribution is 5.76. The number of rotatable bonds is 44. The first-order valence-electron chi connectivity index (χ1n) is 30.4. The lowest BCUT2D eigenvalue weighted by atomic mass is 9.84. The summed E-state index contributed by atoms with van der Waals surface area (Å²) in [6.07, 6.45) is 7.68. The molecule has 3 aliphatic rings. The Morgan fingerprint density at radius 3 is 1.62 bits per heavy atom. The molecule has 5 unspecified atom stereocenters. The fourth-order valence-electron chi connectivity index (χ4n) is 10.7. The molecule has 0 radical (unpaired) electrons. The molecule has 21 heteroatoms. The van der Waals surface area contributed by atoms with Crippen LogP contribution in [-0.4, -0.2) is 203 Å². The van der Waals surface area contributed by atoms with Crippen molar-refractivity contribution in [3.8, 4) is 0 Å². The van der Waals surface area contributed by atoms with Crippen molar-refractivity contribution in [3.63, 3.8) is 0 Å². The number of carboxylic acid groups (broad SMARTS) is 1. The number of nitrogens with one attached hydrogen (secondary N) is 1. The highest BCUT2D eigenvalue weighted by Gasteiger charge is 2.59. The molecule has 0 aromatic heterocycles. The molecule has 0 aromatic carbocycles. The molecule has 0 spiro atoms. The second kappa shape index (κ2) is 40.3. The summed E-state index contributed by atoms with van der Waals surface area (Å²) in [6, 6.07) is -1.01. The Kier molecular flexibility index (Phi) is 36.3. The molecule has 0 saturated carbocycles. The van der Waals surface area contributed by atoms with E-state index >= 15 is 0 Å². The van der Waals surface area contributed by atoms with Crippen LogP contribution in [0.5, 0.6) is 0 Å². The minimum Gasteiger partial charge on any atom is -0.477 e. The van der Waals surface area contributed by atoms with Crippen LogP contribution in [0.4, 0.5) is 0 Å².